The smallest absolute Gasteiger partial charge is 0.286 e. The minimum atomic E-state index is -0.975. The number of non-ortho nitro benzene ring substituents is 1. The third-order valence-corrected chi connectivity index (χ3v) is 2.85. The number of nitrogens with zero attached hydrogens (tertiary/aromatic N) is 4. The average Bonchev–Trinajstić information content (AvgIpc) is 3.02. The fraction of sp³-hybridized carbons (Fsp3) is 0.0769. The molecule has 1 aromatic heterocycles. The van der Waals surface area contributed by atoms with Gasteiger partial charge in [0.1, 0.15) is 22.4 Å². The van der Waals surface area contributed by atoms with Gasteiger partial charge in [0.25, 0.3) is 11.6 Å². The molecule has 0 atom stereocenters. The van der Waals surface area contributed by atoms with Gasteiger partial charge >= 0.3 is 0 Å². The number of hydrazone groups is 2. The van der Waals surface area contributed by atoms with Gasteiger partial charge in [-0.3, -0.25) is 10.1 Å². The van der Waals surface area contributed by atoms with Gasteiger partial charge in [-0.05, 0) is 18.2 Å². The van der Waals surface area contributed by atoms with Crippen LogP contribution in [0.3, 0.4) is 0 Å². The summed E-state index contributed by atoms with van der Waals surface area (Å²) in [5.41, 5.74) is 7.60. The van der Waals surface area contributed by atoms with Crippen molar-refractivity contribution in [2.75, 3.05) is 7.11 Å². The van der Waals surface area contributed by atoms with Crippen LogP contribution in [0.15, 0.2) is 45.0 Å². The number of benzene rings is 1. The van der Waals surface area contributed by atoms with Gasteiger partial charge in [-0.15, -0.1) is 0 Å². The van der Waals surface area contributed by atoms with Crippen LogP contribution in [0.5, 0.6) is 5.75 Å². The number of nitrogens with two attached hydrogens (primary N) is 1. The van der Waals surface area contributed by atoms with Gasteiger partial charge in [-0.2, -0.15) is 5.10 Å². The maximum Gasteiger partial charge on any atom is 0.286 e. The van der Waals surface area contributed by atoms with Crippen molar-refractivity contribution in [3.8, 4) is 17.1 Å². The Balaban J connectivity index is 2.22. The minimum Gasteiger partial charge on any atom is -0.496 e. The van der Waals surface area contributed by atoms with E-state index in [0.717, 1.165) is 0 Å². The highest BCUT2D eigenvalue weighted by Crippen LogP contribution is 2.34. The number of ether oxygens (including phenoxy) is 1. The Morgan fingerprint density at radius 2 is 2.08 bits per heavy atom. The summed E-state index contributed by atoms with van der Waals surface area (Å²) in [6.45, 7) is 0. The molecule has 12 heteroatoms. The Kier molecular flexibility index (Phi) is 5.25. The number of nitro groups is 2. The second-order valence-electron chi connectivity index (χ2n) is 4.44. The van der Waals surface area contributed by atoms with Gasteiger partial charge in [0.05, 0.1) is 23.8 Å². The molecule has 0 fully saturated rings. The van der Waals surface area contributed by atoms with Crippen LogP contribution in [0.1, 0.15) is 5.76 Å². The molecular weight excluding hydrogens is 336 g/mol. The molecule has 0 aliphatic rings. The second kappa shape index (κ2) is 7.54. The molecule has 2 aromatic rings. The zero-order valence-electron chi connectivity index (χ0n) is 12.8. The SMILES string of the molecule is COc1ccc([N+](=O)[O-])cc1-c1ccc(/C=N\N/C(N)=N/[N+](=O)[O-])o1. The lowest BCUT2D eigenvalue weighted by Crippen LogP contribution is -2.28. The first-order chi connectivity index (χ1) is 11.9. The van der Waals surface area contributed by atoms with Gasteiger partial charge in [-0.25, -0.2) is 15.5 Å². The number of furan rings is 1. The molecule has 0 saturated carbocycles. The Morgan fingerprint density at radius 3 is 2.72 bits per heavy atom. The number of nitro benzene ring substituents is 1. The Hall–Kier alpha value is -3.96. The van der Waals surface area contributed by atoms with Crippen molar-refractivity contribution < 1.29 is 19.1 Å². The van der Waals surface area contributed by atoms with E-state index in [2.05, 4.69) is 15.6 Å². The topological polar surface area (TPSA) is 171 Å². The molecule has 130 valence electrons. The lowest BCUT2D eigenvalue weighted by atomic mass is 10.1. The predicted molar refractivity (Wildman–Crippen MR) is 86.7 cm³/mol. The molecule has 0 unspecified atom stereocenters. The third-order valence-electron chi connectivity index (χ3n) is 2.85. The van der Waals surface area contributed by atoms with E-state index in [1.54, 1.807) is 12.1 Å². The van der Waals surface area contributed by atoms with E-state index in [0.29, 0.717) is 17.1 Å². The Bertz CT molecular complexity index is 858. The molecule has 0 amide bonds. The van der Waals surface area contributed by atoms with Crippen molar-refractivity contribution in [3.63, 3.8) is 0 Å². The van der Waals surface area contributed by atoms with Gasteiger partial charge in [-0.1, -0.05) is 0 Å². The maximum absolute atomic E-state index is 10.9. The molecule has 0 aliphatic carbocycles. The molecule has 3 N–H and O–H groups in total. The first-order valence-electron chi connectivity index (χ1n) is 6.61. The normalized spacial score (nSPS) is 11.5. The molecule has 25 heavy (non-hydrogen) atoms. The summed E-state index contributed by atoms with van der Waals surface area (Å²) in [6, 6.07) is 7.20. The first kappa shape index (κ1) is 17.4. The highest BCUT2D eigenvalue weighted by molar-refractivity contribution is 5.82. The molecule has 1 aromatic carbocycles. The van der Waals surface area contributed by atoms with Gasteiger partial charge in [0.2, 0.25) is 0 Å². The summed E-state index contributed by atoms with van der Waals surface area (Å²) in [7, 11) is 1.43. The van der Waals surface area contributed by atoms with E-state index >= 15 is 0 Å². The van der Waals surface area contributed by atoms with Crippen molar-refractivity contribution in [3.05, 3.63) is 56.3 Å². The van der Waals surface area contributed by atoms with Gasteiger partial charge < -0.3 is 14.9 Å². The number of guanidine groups is 1. The molecule has 1 heterocycles. The second-order valence-corrected chi connectivity index (χ2v) is 4.44. The minimum absolute atomic E-state index is 0.118. The average molecular weight is 348 g/mol. The summed E-state index contributed by atoms with van der Waals surface area (Å²) in [5.74, 6) is 0.469. The van der Waals surface area contributed by atoms with Crippen molar-refractivity contribution in [1.29, 1.82) is 0 Å². The number of hydrogen-bond donors (Lipinski definition) is 2. The molecule has 0 saturated heterocycles. The van der Waals surface area contributed by atoms with Crippen molar-refractivity contribution >= 4 is 17.9 Å². The maximum atomic E-state index is 10.9. The fourth-order valence-corrected chi connectivity index (χ4v) is 1.84. The number of rotatable bonds is 6. The molecule has 12 nitrogen and oxygen atoms in total. The summed E-state index contributed by atoms with van der Waals surface area (Å²) >= 11 is 0. The third kappa shape index (κ3) is 4.51. The molecule has 0 spiro atoms. The molecule has 0 aliphatic heterocycles. The summed E-state index contributed by atoms with van der Waals surface area (Å²) in [5, 5.41) is 26.4. The highest BCUT2D eigenvalue weighted by atomic mass is 16.7. The zero-order chi connectivity index (χ0) is 18.4. The molecular formula is C13H12N6O6. The van der Waals surface area contributed by atoms with Crippen LogP contribution in [0.2, 0.25) is 0 Å². The summed E-state index contributed by atoms with van der Waals surface area (Å²) < 4.78 is 10.7. The standard InChI is InChI=1S/C13H12N6O6/c1-24-11-4-2-8(18(20)21)6-10(11)12-5-3-9(25-12)7-15-16-13(14)17-19(22)23/h2-7H,1H3,(H3,14,16,17)/b15-7-. The van der Waals surface area contributed by atoms with Gasteiger partial charge in [0.15, 0.2) is 5.03 Å². The van der Waals surface area contributed by atoms with Crippen LogP contribution in [0, 0.1) is 20.2 Å². The van der Waals surface area contributed by atoms with Crippen LogP contribution in [0.4, 0.5) is 5.69 Å². The fourth-order valence-electron chi connectivity index (χ4n) is 1.84. The lowest BCUT2D eigenvalue weighted by Gasteiger charge is -2.05. The van der Waals surface area contributed by atoms with Crippen LogP contribution in [-0.2, 0) is 0 Å². The van der Waals surface area contributed by atoms with Crippen molar-refractivity contribution in [2.45, 2.75) is 0 Å². The van der Waals surface area contributed by atoms with Crippen LogP contribution in [0.25, 0.3) is 11.3 Å². The van der Waals surface area contributed by atoms with Crippen LogP contribution < -0.4 is 15.9 Å². The molecule has 2 rings (SSSR count). The lowest BCUT2D eigenvalue weighted by molar-refractivity contribution is -0.485. The van der Waals surface area contributed by atoms with E-state index in [9.17, 15) is 20.2 Å². The largest absolute Gasteiger partial charge is 0.496 e. The summed E-state index contributed by atoms with van der Waals surface area (Å²) in [6.07, 6.45) is 1.20. The number of nitrogens with one attached hydrogen (secondary N) is 1. The van der Waals surface area contributed by atoms with Crippen LogP contribution in [-0.4, -0.2) is 29.2 Å². The van der Waals surface area contributed by atoms with Crippen molar-refractivity contribution in [1.82, 2.24) is 5.43 Å². The van der Waals surface area contributed by atoms with Crippen molar-refractivity contribution in [2.24, 2.45) is 15.9 Å². The Labute approximate surface area is 139 Å². The highest BCUT2D eigenvalue weighted by Gasteiger charge is 2.15. The molecule has 0 radical (unpaired) electrons. The van der Waals surface area contributed by atoms with E-state index in [-0.39, 0.29) is 11.4 Å². The zero-order valence-corrected chi connectivity index (χ0v) is 12.8. The predicted octanol–water partition coefficient (Wildman–Crippen LogP) is 1.29. The first-order valence-corrected chi connectivity index (χ1v) is 6.61. The number of methoxy groups -OCH3 is 1. The van der Waals surface area contributed by atoms with E-state index in [1.807, 2.05) is 0 Å². The quantitative estimate of drug-likeness (QED) is 0.340. The molecule has 0 bridgehead atoms. The summed E-state index contributed by atoms with van der Waals surface area (Å²) in [4.78, 5) is 20.5. The van der Waals surface area contributed by atoms with E-state index < -0.39 is 15.9 Å². The van der Waals surface area contributed by atoms with E-state index in [4.69, 9.17) is 14.9 Å². The van der Waals surface area contributed by atoms with Gasteiger partial charge in [0, 0.05) is 12.1 Å². The monoisotopic (exact) mass is 348 g/mol. The Morgan fingerprint density at radius 1 is 1.32 bits per heavy atom. The van der Waals surface area contributed by atoms with E-state index in [1.165, 1.54) is 31.5 Å². The number of hydrogen-bond acceptors (Lipinski definition) is 7. The van der Waals surface area contributed by atoms with Crippen LogP contribution >= 0.6 is 0 Å².